The van der Waals surface area contributed by atoms with E-state index >= 15 is 0 Å². The van der Waals surface area contributed by atoms with Crippen molar-refractivity contribution in [3.63, 3.8) is 0 Å². The van der Waals surface area contributed by atoms with Gasteiger partial charge in [0.05, 0.1) is 6.61 Å². The number of nitrogens with one attached hydrogen (secondary N) is 1. The van der Waals surface area contributed by atoms with E-state index in [4.69, 9.17) is 4.74 Å². The van der Waals surface area contributed by atoms with Crippen molar-refractivity contribution < 1.29 is 4.74 Å². The van der Waals surface area contributed by atoms with Crippen molar-refractivity contribution in [2.24, 2.45) is 0 Å². The second-order valence-corrected chi connectivity index (χ2v) is 3.49. The van der Waals surface area contributed by atoms with Crippen LogP contribution in [0, 0.1) is 0 Å². The molecule has 70 valence electrons. The van der Waals surface area contributed by atoms with Crippen LogP contribution in [0.4, 0.5) is 5.69 Å². The van der Waals surface area contributed by atoms with Crippen molar-refractivity contribution in [1.82, 2.24) is 0 Å². The number of aryl methyl sites for hydroxylation is 1. The summed E-state index contributed by atoms with van der Waals surface area (Å²) in [7, 11) is 1.75. The van der Waals surface area contributed by atoms with Crippen molar-refractivity contribution in [1.29, 1.82) is 0 Å². The number of fused-ring (bicyclic) bond motifs is 1. The molecule has 1 aliphatic rings. The van der Waals surface area contributed by atoms with Crippen molar-refractivity contribution in [2.75, 3.05) is 19.0 Å². The second kappa shape index (κ2) is 3.79. The van der Waals surface area contributed by atoms with Crippen LogP contribution in [0.25, 0.3) is 0 Å². The molecule has 1 heterocycles. The van der Waals surface area contributed by atoms with Gasteiger partial charge in [0.1, 0.15) is 0 Å². The zero-order valence-corrected chi connectivity index (χ0v) is 7.92. The zero-order chi connectivity index (χ0) is 9.10. The molecule has 0 aromatic heterocycles. The molecule has 1 aromatic rings. The highest BCUT2D eigenvalue weighted by Gasteiger charge is 2.16. The van der Waals surface area contributed by atoms with E-state index in [9.17, 15) is 0 Å². The summed E-state index contributed by atoms with van der Waals surface area (Å²) in [6, 6.07) is 8.97. The molecule has 0 fully saturated rings. The summed E-state index contributed by atoms with van der Waals surface area (Å²) in [5.41, 5.74) is 2.70. The van der Waals surface area contributed by atoms with E-state index < -0.39 is 0 Å². The molecular formula is C11H15NO. The molecule has 2 nitrogen and oxygen atoms in total. The van der Waals surface area contributed by atoms with Crippen LogP contribution in [-0.4, -0.2) is 19.8 Å². The van der Waals surface area contributed by atoms with E-state index in [1.165, 1.54) is 17.7 Å². The monoisotopic (exact) mass is 177 g/mol. The Bertz CT molecular complexity index is 285. The van der Waals surface area contributed by atoms with E-state index in [0.29, 0.717) is 6.04 Å². The lowest BCUT2D eigenvalue weighted by molar-refractivity contribution is 0.182. The Morgan fingerprint density at radius 1 is 1.46 bits per heavy atom. The van der Waals surface area contributed by atoms with Gasteiger partial charge in [-0.25, -0.2) is 0 Å². The fourth-order valence-corrected chi connectivity index (χ4v) is 1.83. The first-order valence-corrected chi connectivity index (χ1v) is 4.73. The number of ether oxygens (including phenoxy) is 1. The molecule has 2 rings (SSSR count). The molecule has 0 bridgehead atoms. The molecule has 0 saturated carbocycles. The molecule has 0 spiro atoms. The minimum Gasteiger partial charge on any atom is -0.383 e. The molecule has 0 amide bonds. The van der Waals surface area contributed by atoms with Crippen LogP contribution >= 0.6 is 0 Å². The van der Waals surface area contributed by atoms with Gasteiger partial charge in [0.15, 0.2) is 0 Å². The Morgan fingerprint density at radius 3 is 3.15 bits per heavy atom. The molecule has 1 atom stereocenters. The van der Waals surface area contributed by atoms with Crippen molar-refractivity contribution in [3.05, 3.63) is 29.8 Å². The topological polar surface area (TPSA) is 21.3 Å². The lowest BCUT2D eigenvalue weighted by Gasteiger charge is -2.26. The summed E-state index contributed by atoms with van der Waals surface area (Å²) in [5.74, 6) is 0. The predicted octanol–water partition coefficient (Wildman–Crippen LogP) is 2.06. The number of benzene rings is 1. The fraction of sp³-hybridized carbons (Fsp3) is 0.455. The van der Waals surface area contributed by atoms with E-state index in [0.717, 1.165) is 13.0 Å². The van der Waals surface area contributed by atoms with Gasteiger partial charge < -0.3 is 10.1 Å². The normalized spacial score (nSPS) is 20.5. The lowest BCUT2D eigenvalue weighted by Crippen LogP contribution is -2.29. The largest absolute Gasteiger partial charge is 0.383 e. The summed E-state index contributed by atoms with van der Waals surface area (Å²) in [5, 5.41) is 3.47. The van der Waals surface area contributed by atoms with Gasteiger partial charge in [-0.3, -0.25) is 0 Å². The Kier molecular flexibility index (Phi) is 2.50. The molecule has 1 N–H and O–H groups in total. The van der Waals surface area contributed by atoms with Crippen LogP contribution in [0.1, 0.15) is 12.0 Å². The third kappa shape index (κ3) is 1.83. The lowest BCUT2D eigenvalue weighted by atomic mass is 9.99. The first-order valence-electron chi connectivity index (χ1n) is 4.73. The fourth-order valence-electron chi connectivity index (χ4n) is 1.83. The summed E-state index contributed by atoms with van der Waals surface area (Å²) in [6.07, 6.45) is 2.34. The van der Waals surface area contributed by atoms with Gasteiger partial charge in [0, 0.05) is 18.8 Å². The minimum absolute atomic E-state index is 0.486. The van der Waals surface area contributed by atoms with Gasteiger partial charge in [-0.15, -0.1) is 0 Å². The van der Waals surface area contributed by atoms with Gasteiger partial charge in [-0.05, 0) is 24.5 Å². The Hall–Kier alpha value is -1.02. The average Bonchev–Trinajstić information content (AvgIpc) is 2.18. The first-order chi connectivity index (χ1) is 6.40. The van der Waals surface area contributed by atoms with Crippen LogP contribution < -0.4 is 5.32 Å². The minimum atomic E-state index is 0.486. The van der Waals surface area contributed by atoms with Gasteiger partial charge in [-0.1, -0.05) is 18.2 Å². The summed E-state index contributed by atoms with van der Waals surface area (Å²) < 4.78 is 5.13. The molecule has 1 unspecified atom stereocenters. The van der Waals surface area contributed by atoms with Crippen molar-refractivity contribution >= 4 is 5.69 Å². The highest BCUT2D eigenvalue weighted by molar-refractivity contribution is 5.53. The SMILES string of the molecule is COCC1CCc2ccccc2N1. The smallest absolute Gasteiger partial charge is 0.0664 e. The van der Waals surface area contributed by atoms with Crippen molar-refractivity contribution in [2.45, 2.75) is 18.9 Å². The molecule has 0 aliphatic carbocycles. The maximum Gasteiger partial charge on any atom is 0.0664 e. The molecule has 1 aliphatic heterocycles. The Balaban J connectivity index is 2.11. The van der Waals surface area contributed by atoms with Gasteiger partial charge in [0.2, 0.25) is 0 Å². The van der Waals surface area contributed by atoms with Gasteiger partial charge in [-0.2, -0.15) is 0 Å². The molecule has 13 heavy (non-hydrogen) atoms. The summed E-state index contributed by atoms with van der Waals surface area (Å²) >= 11 is 0. The van der Waals surface area contributed by atoms with Gasteiger partial charge >= 0.3 is 0 Å². The average molecular weight is 177 g/mol. The predicted molar refractivity (Wildman–Crippen MR) is 54.0 cm³/mol. The summed E-state index contributed by atoms with van der Waals surface area (Å²) in [6.45, 7) is 0.800. The Labute approximate surface area is 78.9 Å². The number of hydrogen-bond donors (Lipinski definition) is 1. The van der Waals surface area contributed by atoms with Crippen LogP contribution in [0.5, 0.6) is 0 Å². The zero-order valence-electron chi connectivity index (χ0n) is 7.92. The quantitative estimate of drug-likeness (QED) is 0.746. The first kappa shape index (κ1) is 8.57. The molecular weight excluding hydrogens is 162 g/mol. The van der Waals surface area contributed by atoms with Crippen LogP contribution in [0.2, 0.25) is 0 Å². The van der Waals surface area contributed by atoms with Crippen LogP contribution in [-0.2, 0) is 11.2 Å². The van der Waals surface area contributed by atoms with E-state index in [-0.39, 0.29) is 0 Å². The molecule has 0 saturated heterocycles. The highest BCUT2D eigenvalue weighted by Crippen LogP contribution is 2.23. The number of anilines is 1. The summed E-state index contributed by atoms with van der Waals surface area (Å²) in [4.78, 5) is 0. The Morgan fingerprint density at radius 2 is 2.31 bits per heavy atom. The number of rotatable bonds is 2. The van der Waals surface area contributed by atoms with E-state index in [2.05, 4.69) is 29.6 Å². The van der Waals surface area contributed by atoms with Gasteiger partial charge in [0.25, 0.3) is 0 Å². The van der Waals surface area contributed by atoms with Crippen LogP contribution in [0.15, 0.2) is 24.3 Å². The van der Waals surface area contributed by atoms with Crippen LogP contribution in [0.3, 0.4) is 0 Å². The van der Waals surface area contributed by atoms with E-state index in [1.54, 1.807) is 7.11 Å². The number of hydrogen-bond acceptors (Lipinski definition) is 2. The third-order valence-electron chi connectivity index (χ3n) is 2.51. The molecule has 2 heteroatoms. The number of methoxy groups -OCH3 is 1. The maximum absolute atomic E-state index is 5.13. The molecule has 1 aromatic carbocycles. The third-order valence-corrected chi connectivity index (χ3v) is 2.51. The van der Waals surface area contributed by atoms with Crippen molar-refractivity contribution in [3.8, 4) is 0 Å². The highest BCUT2D eigenvalue weighted by atomic mass is 16.5. The number of para-hydroxylation sites is 1. The molecule has 0 radical (unpaired) electrons. The van der Waals surface area contributed by atoms with E-state index in [1.807, 2.05) is 0 Å². The second-order valence-electron chi connectivity index (χ2n) is 3.49. The maximum atomic E-state index is 5.13. The standard InChI is InChI=1S/C11H15NO/c1-13-8-10-7-6-9-4-2-3-5-11(9)12-10/h2-5,10,12H,6-8H2,1H3.